The molecule has 0 spiro atoms. The number of hydrogen-bond donors (Lipinski definition) is 0. The summed E-state index contributed by atoms with van der Waals surface area (Å²) in [7, 11) is 0. The highest BCUT2D eigenvalue weighted by atomic mass is 16.6. The van der Waals surface area contributed by atoms with Crippen LogP contribution in [-0.4, -0.2) is 11.7 Å². The van der Waals surface area contributed by atoms with Crippen LogP contribution in [0.2, 0.25) is 0 Å². The van der Waals surface area contributed by atoms with Crippen LogP contribution in [0.25, 0.3) is 0 Å². The van der Waals surface area contributed by atoms with E-state index in [9.17, 15) is 0 Å². The lowest BCUT2D eigenvalue weighted by atomic mass is 9.31. The molecule has 11 atom stereocenters. The Bertz CT molecular complexity index is 787. The maximum absolute atomic E-state index is 6.42. The van der Waals surface area contributed by atoms with Gasteiger partial charge in [-0.3, -0.25) is 0 Å². The van der Waals surface area contributed by atoms with E-state index in [2.05, 4.69) is 55.4 Å². The highest BCUT2D eigenvalue weighted by molar-refractivity contribution is 5.24. The number of rotatable bonds is 1. The van der Waals surface area contributed by atoms with Crippen LogP contribution in [0.3, 0.4) is 0 Å². The van der Waals surface area contributed by atoms with Crippen molar-refractivity contribution in [3.63, 3.8) is 0 Å². The van der Waals surface area contributed by atoms with Gasteiger partial charge in [0.25, 0.3) is 0 Å². The lowest BCUT2D eigenvalue weighted by molar-refractivity contribution is -0.245. The molecule has 5 saturated carbocycles. The van der Waals surface area contributed by atoms with Crippen molar-refractivity contribution in [2.24, 2.45) is 56.7 Å². The molecular weight excluding hydrogens is 376 g/mol. The summed E-state index contributed by atoms with van der Waals surface area (Å²) in [5.74, 6) is 4.53. The van der Waals surface area contributed by atoms with Crippen molar-refractivity contribution in [2.75, 3.05) is 0 Å². The molecule has 0 unspecified atom stereocenters. The fourth-order valence-corrected chi connectivity index (χ4v) is 12.5. The minimum Gasteiger partial charge on any atom is -0.366 e. The van der Waals surface area contributed by atoms with Crippen LogP contribution in [0.15, 0.2) is 0 Å². The molecule has 0 aromatic carbocycles. The summed E-state index contributed by atoms with van der Waals surface area (Å²) in [5.41, 5.74) is 2.77. The minimum atomic E-state index is 0.187. The van der Waals surface area contributed by atoms with E-state index < -0.39 is 0 Å². The van der Waals surface area contributed by atoms with Crippen LogP contribution >= 0.6 is 0 Å². The van der Waals surface area contributed by atoms with E-state index in [1.54, 1.807) is 0 Å². The number of epoxide rings is 1. The normalized spacial score (nSPS) is 64.7. The predicted octanol–water partition coefficient (Wildman–Crippen LogP) is 8.27. The maximum atomic E-state index is 6.42. The second-order valence-electron chi connectivity index (χ2n) is 15.2. The van der Waals surface area contributed by atoms with Crippen molar-refractivity contribution < 1.29 is 4.74 Å². The molecule has 176 valence electrons. The van der Waals surface area contributed by atoms with Gasteiger partial charge in [-0.05, 0) is 122 Å². The van der Waals surface area contributed by atoms with E-state index in [1.165, 1.54) is 64.2 Å². The average molecular weight is 427 g/mol. The summed E-state index contributed by atoms with van der Waals surface area (Å²) in [6.07, 6.45) is 15.1. The standard InChI is InChI=1S/C30H50O/c1-19(2)20-9-10-21-25(20,3)15-17-28(6)23-13-14-29(7)22(11-12-24-30(29,8)31-24)26(23,4)16-18-27(21,28)5/h19-24H,9-18H2,1-8H3/t20-,21-,22+,23-,24-,25-,26+,27+,28-,29+,30-/m1/s1. The first-order valence-electron chi connectivity index (χ1n) is 14.0. The third-order valence-corrected chi connectivity index (χ3v) is 14.5. The van der Waals surface area contributed by atoms with Crippen molar-refractivity contribution in [3.05, 3.63) is 0 Å². The minimum absolute atomic E-state index is 0.187. The van der Waals surface area contributed by atoms with Crippen molar-refractivity contribution in [2.45, 2.75) is 131 Å². The molecule has 6 fully saturated rings. The van der Waals surface area contributed by atoms with E-state index in [-0.39, 0.29) is 5.60 Å². The zero-order valence-electron chi connectivity index (χ0n) is 21.9. The van der Waals surface area contributed by atoms with Gasteiger partial charge in [0.2, 0.25) is 0 Å². The molecule has 1 heterocycles. The summed E-state index contributed by atoms with van der Waals surface area (Å²) in [5, 5.41) is 0. The molecule has 1 saturated heterocycles. The third-order valence-electron chi connectivity index (χ3n) is 14.5. The van der Waals surface area contributed by atoms with Gasteiger partial charge in [-0.15, -0.1) is 0 Å². The summed E-state index contributed by atoms with van der Waals surface area (Å²) >= 11 is 0. The largest absolute Gasteiger partial charge is 0.366 e. The number of hydrogen-bond acceptors (Lipinski definition) is 1. The van der Waals surface area contributed by atoms with Crippen LogP contribution in [0, 0.1) is 56.7 Å². The summed E-state index contributed by atoms with van der Waals surface area (Å²) < 4.78 is 6.42. The maximum Gasteiger partial charge on any atom is 0.0976 e. The first-order valence-corrected chi connectivity index (χ1v) is 14.0. The van der Waals surface area contributed by atoms with E-state index >= 15 is 0 Å². The lowest BCUT2D eigenvalue weighted by Crippen LogP contribution is -2.67. The monoisotopic (exact) mass is 426 g/mol. The molecule has 1 nitrogen and oxygen atoms in total. The second kappa shape index (κ2) is 5.95. The smallest absolute Gasteiger partial charge is 0.0976 e. The van der Waals surface area contributed by atoms with Crippen LogP contribution in [0.4, 0.5) is 0 Å². The van der Waals surface area contributed by atoms with Gasteiger partial charge in [0.1, 0.15) is 0 Å². The quantitative estimate of drug-likeness (QED) is 0.384. The Morgan fingerprint density at radius 2 is 1.13 bits per heavy atom. The van der Waals surface area contributed by atoms with Gasteiger partial charge < -0.3 is 4.74 Å². The van der Waals surface area contributed by atoms with Gasteiger partial charge in [0.05, 0.1) is 11.7 Å². The molecule has 5 aliphatic carbocycles. The first-order chi connectivity index (χ1) is 14.4. The molecule has 6 rings (SSSR count). The Labute approximate surface area is 192 Å². The summed E-state index contributed by atoms with van der Waals surface area (Å²) in [6, 6.07) is 0. The molecule has 6 aliphatic rings. The summed E-state index contributed by atoms with van der Waals surface area (Å²) in [6.45, 7) is 21.2. The van der Waals surface area contributed by atoms with Gasteiger partial charge in [-0.25, -0.2) is 0 Å². The molecule has 1 aliphatic heterocycles. The molecule has 0 radical (unpaired) electrons. The van der Waals surface area contributed by atoms with E-state index in [0.29, 0.717) is 33.2 Å². The zero-order valence-corrected chi connectivity index (χ0v) is 21.9. The van der Waals surface area contributed by atoms with Crippen molar-refractivity contribution in [1.82, 2.24) is 0 Å². The van der Waals surface area contributed by atoms with Crippen LogP contribution in [0.1, 0.15) is 120 Å². The Morgan fingerprint density at radius 1 is 0.581 bits per heavy atom. The van der Waals surface area contributed by atoms with Gasteiger partial charge >= 0.3 is 0 Å². The van der Waals surface area contributed by atoms with Crippen molar-refractivity contribution >= 4 is 0 Å². The Kier molecular flexibility index (Phi) is 4.13. The van der Waals surface area contributed by atoms with Gasteiger partial charge in [0.15, 0.2) is 0 Å². The van der Waals surface area contributed by atoms with Gasteiger partial charge in [-0.2, -0.15) is 0 Å². The Hall–Kier alpha value is -0.0400. The molecule has 0 bridgehead atoms. The van der Waals surface area contributed by atoms with E-state index in [1.807, 2.05) is 0 Å². The molecule has 0 amide bonds. The Morgan fingerprint density at radius 3 is 1.77 bits per heavy atom. The SMILES string of the molecule is CC(C)[C@H]1CC[C@@H]2[C@]1(C)CC[C@]1(C)[C@@H]3CC[C@@]4(C)[C@@H](CC[C@H]5O[C@]54C)[C@]3(C)CC[C@@]21C. The van der Waals surface area contributed by atoms with Crippen LogP contribution in [0.5, 0.6) is 0 Å². The molecule has 0 aromatic heterocycles. The van der Waals surface area contributed by atoms with E-state index in [0.717, 1.165) is 29.6 Å². The van der Waals surface area contributed by atoms with E-state index in [4.69, 9.17) is 4.74 Å². The highest BCUT2D eigenvalue weighted by Crippen LogP contribution is 2.80. The average Bonchev–Trinajstić information content (AvgIpc) is 3.25. The van der Waals surface area contributed by atoms with Crippen molar-refractivity contribution in [3.8, 4) is 0 Å². The molecule has 0 aromatic rings. The zero-order chi connectivity index (χ0) is 22.2. The predicted molar refractivity (Wildman–Crippen MR) is 129 cm³/mol. The fourth-order valence-electron chi connectivity index (χ4n) is 12.5. The molecule has 31 heavy (non-hydrogen) atoms. The summed E-state index contributed by atoms with van der Waals surface area (Å²) in [4.78, 5) is 0. The first kappa shape index (κ1) is 21.5. The van der Waals surface area contributed by atoms with Gasteiger partial charge in [-0.1, -0.05) is 48.5 Å². The topological polar surface area (TPSA) is 12.5 Å². The van der Waals surface area contributed by atoms with Crippen molar-refractivity contribution in [1.29, 1.82) is 0 Å². The van der Waals surface area contributed by atoms with Gasteiger partial charge in [0, 0.05) is 5.41 Å². The molecule has 1 heteroatoms. The third kappa shape index (κ3) is 2.21. The fraction of sp³-hybridized carbons (Fsp3) is 1.00. The lowest BCUT2D eigenvalue weighted by Gasteiger charge is -2.73. The Balaban J connectivity index is 1.38. The molecule has 0 N–H and O–H groups in total. The van der Waals surface area contributed by atoms with Crippen LogP contribution < -0.4 is 0 Å². The number of fused-ring (bicyclic) bond motifs is 9. The molecular formula is C30H50O. The van der Waals surface area contributed by atoms with Crippen LogP contribution in [-0.2, 0) is 4.74 Å². The highest BCUT2D eigenvalue weighted by Gasteiger charge is 2.76. The second-order valence-corrected chi connectivity index (χ2v) is 15.2. The number of ether oxygens (including phenoxy) is 1.